The lowest BCUT2D eigenvalue weighted by Crippen LogP contribution is -2.49. The molecule has 0 spiro atoms. The molecule has 7 heteroatoms. The van der Waals surface area contributed by atoms with Crippen molar-refractivity contribution in [1.82, 2.24) is 9.55 Å². The van der Waals surface area contributed by atoms with E-state index in [1.54, 1.807) is 12.5 Å². The molecule has 146 valence electrons. The van der Waals surface area contributed by atoms with Crippen LogP contribution in [-0.2, 0) is 13.3 Å². The van der Waals surface area contributed by atoms with Crippen LogP contribution in [0.4, 0.5) is 0 Å². The summed E-state index contributed by atoms with van der Waals surface area (Å²) in [6.45, 7) is 10.1. The fourth-order valence-electron chi connectivity index (χ4n) is 2.75. The van der Waals surface area contributed by atoms with Crippen LogP contribution in [0.15, 0.2) is 18.7 Å². The van der Waals surface area contributed by atoms with Crippen LogP contribution in [-0.4, -0.2) is 49.4 Å². The highest BCUT2D eigenvalue weighted by Gasteiger charge is 2.43. The molecule has 0 saturated heterocycles. The molecule has 2 atom stereocenters. The van der Waals surface area contributed by atoms with Crippen LogP contribution in [0.3, 0.4) is 0 Å². The van der Waals surface area contributed by atoms with E-state index in [1.807, 2.05) is 6.20 Å². The summed E-state index contributed by atoms with van der Waals surface area (Å²) in [5.74, 6) is 0. The topological polar surface area (TPSA) is 65.7 Å². The fraction of sp³-hybridized carbons (Fsp3) is 0.833. The summed E-state index contributed by atoms with van der Waals surface area (Å²) in [6.07, 6.45) is 9.29. The molecule has 1 aromatic heterocycles. The molecular formula is C18H36N2O4Si. The lowest BCUT2D eigenvalue weighted by molar-refractivity contribution is 0.0421. The number of imidazole rings is 1. The average Bonchev–Trinajstić information content (AvgIpc) is 3.15. The maximum absolute atomic E-state index is 10.7. The minimum atomic E-state index is -2.86. The first kappa shape index (κ1) is 22.3. The molecule has 0 aliphatic carbocycles. The third-order valence-electron chi connectivity index (χ3n) is 4.03. The Morgan fingerprint density at radius 1 is 1.00 bits per heavy atom. The minimum Gasteiger partial charge on any atom is -0.393 e. The number of hydrogen-bond acceptors (Lipinski definition) is 5. The van der Waals surface area contributed by atoms with E-state index in [1.165, 1.54) is 0 Å². The van der Waals surface area contributed by atoms with Crippen LogP contribution in [0, 0.1) is 0 Å². The van der Waals surface area contributed by atoms with Crippen molar-refractivity contribution in [2.24, 2.45) is 0 Å². The van der Waals surface area contributed by atoms with E-state index < -0.39 is 14.9 Å². The first-order valence-corrected chi connectivity index (χ1v) is 11.6. The minimum absolute atomic E-state index is 0.215. The van der Waals surface area contributed by atoms with Crippen molar-refractivity contribution in [3.05, 3.63) is 18.7 Å². The molecule has 0 bridgehead atoms. The van der Waals surface area contributed by atoms with Crippen molar-refractivity contribution >= 4 is 8.80 Å². The number of rotatable bonds is 15. The molecule has 2 unspecified atom stereocenters. The van der Waals surface area contributed by atoms with Crippen LogP contribution in [0.1, 0.15) is 65.8 Å². The van der Waals surface area contributed by atoms with Gasteiger partial charge in [-0.15, -0.1) is 0 Å². The molecule has 0 radical (unpaired) electrons. The van der Waals surface area contributed by atoms with Crippen molar-refractivity contribution in [2.45, 2.75) is 78.0 Å². The van der Waals surface area contributed by atoms with Gasteiger partial charge in [-0.05, 0) is 32.1 Å². The summed E-state index contributed by atoms with van der Waals surface area (Å²) in [7, 11) is -2.86. The zero-order valence-corrected chi connectivity index (χ0v) is 17.3. The van der Waals surface area contributed by atoms with Crippen molar-refractivity contribution in [1.29, 1.82) is 0 Å². The highest BCUT2D eigenvalue weighted by Crippen LogP contribution is 2.25. The van der Waals surface area contributed by atoms with Crippen LogP contribution < -0.4 is 0 Å². The molecule has 0 aromatic carbocycles. The van der Waals surface area contributed by atoms with Crippen molar-refractivity contribution in [2.75, 3.05) is 19.8 Å². The average molecular weight is 373 g/mol. The number of hydrogen-bond donors (Lipinski definition) is 1. The molecule has 0 saturated carbocycles. The molecule has 25 heavy (non-hydrogen) atoms. The largest absolute Gasteiger partial charge is 0.503 e. The van der Waals surface area contributed by atoms with Gasteiger partial charge in [0.15, 0.2) is 0 Å². The van der Waals surface area contributed by atoms with E-state index in [0.717, 1.165) is 25.7 Å². The number of aliphatic hydroxyl groups is 1. The van der Waals surface area contributed by atoms with Crippen molar-refractivity contribution in [3.8, 4) is 0 Å². The molecule has 0 fully saturated rings. The van der Waals surface area contributed by atoms with Crippen molar-refractivity contribution < 1.29 is 18.4 Å². The molecular weight excluding hydrogens is 336 g/mol. The van der Waals surface area contributed by atoms with E-state index in [4.69, 9.17) is 13.3 Å². The van der Waals surface area contributed by atoms with E-state index in [-0.39, 0.29) is 6.04 Å². The molecule has 0 amide bonds. The maximum atomic E-state index is 10.7. The Morgan fingerprint density at radius 3 is 1.96 bits per heavy atom. The molecule has 6 nitrogen and oxygen atoms in total. The maximum Gasteiger partial charge on any atom is 0.503 e. The summed E-state index contributed by atoms with van der Waals surface area (Å²) in [4.78, 5) is 4.11. The van der Waals surface area contributed by atoms with E-state index in [2.05, 4.69) is 37.2 Å². The van der Waals surface area contributed by atoms with Crippen LogP contribution in [0.2, 0.25) is 6.04 Å². The lowest BCUT2D eigenvalue weighted by atomic mass is 10.1. The Bertz CT molecular complexity index is 409. The van der Waals surface area contributed by atoms with Gasteiger partial charge in [0, 0.05) is 44.3 Å². The second kappa shape index (κ2) is 12.6. The summed E-state index contributed by atoms with van der Waals surface area (Å²) < 4.78 is 20.3. The van der Waals surface area contributed by atoms with E-state index in [0.29, 0.717) is 32.3 Å². The van der Waals surface area contributed by atoms with Gasteiger partial charge in [-0.25, -0.2) is 4.98 Å². The summed E-state index contributed by atoms with van der Waals surface area (Å²) >= 11 is 0. The Morgan fingerprint density at radius 2 is 1.56 bits per heavy atom. The van der Waals surface area contributed by atoms with E-state index in [9.17, 15) is 5.11 Å². The molecule has 0 aliphatic rings. The Balaban J connectivity index is 2.77. The first-order chi connectivity index (χ1) is 12.1. The highest BCUT2D eigenvalue weighted by molar-refractivity contribution is 6.60. The summed E-state index contributed by atoms with van der Waals surface area (Å²) in [6, 6.07) is 0.658. The Kier molecular flexibility index (Phi) is 11.2. The van der Waals surface area contributed by atoms with Gasteiger partial charge in [0.1, 0.15) is 0 Å². The van der Waals surface area contributed by atoms with Gasteiger partial charge in [0.25, 0.3) is 0 Å². The monoisotopic (exact) mass is 372 g/mol. The molecule has 1 heterocycles. The van der Waals surface area contributed by atoms with Gasteiger partial charge in [-0.1, -0.05) is 27.7 Å². The lowest BCUT2D eigenvalue weighted by Gasteiger charge is -2.32. The van der Waals surface area contributed by atoms with Crippen LogP contribution in [0.25, 0.3) is 0 Å². The normalized spacial score (nSPS) is 14.6. The highest BCUT2D eigenvalue weighted by atomic mass is 28.4. The SMILES string of the molecule is CCCO[Si](CC(O)CC(CC)n1ccnc1)(OCCC)OCCC. The molecule has 1 rings (SSSR count). The fourth-order valence-corrected chi connectivity index (χ4v) is 5.64. The van der Waals surface area contributed by atoms with Gasteiger partial charge in [0.2, 0.25) is 0 Å². The zero-order chi connectivity index (χ0) is 18.5. The summed E-state index contributed by atoms with van der Waals surface area (Å²) in [5, 5.41) is 10.7. The number of nitrogens with zero attached hydrogens (tertiary/aromatic N) is 2. The van der Waals surface area contributed by atoms with Gasteiger partial charge in [-0.3, -0.25) is 0 Å². The standard InChI is InChI=1S/C18H36N2O4Si/c1-5-11-22-25(23-12-6-2,24-13-7-3)15-18(21)14-17(8-4)20-10-9-19-16-20/h9-10,16-18,21H,5-8,11-15H2,1-4H3. The third-order valence-corrected chi connectivity index (χ3v) is 6.93. The predicted molar refractivity (Wildman–Crippen MR) is 101 cm³/mol. The summed E-state index contributed by atoms with van der Waals surface area (Å²) in [5.41, 5.74) is 0. The molecule has 0 aliphatic heterocycles. The third kappa shape index (κ3) is 8.00. The second-order valence-electron chi connectivity index (χ2n) is 6.39. The zero-order valence-electron chi connectivity index (χ0n) is 16.3. The van der Waals surface area contributed by atoms with Crippen molar-refractivity contribution in [3.63, 3.8) is 0 Å². The van der Waals surface area contributed by atoms with Gasteiger partial charge in [-0.2, -0.15) is 0 Å². The Hall–Kier alpha value is -0.733. The van der Waals surface area contributed by atoms with Crippen LogP contribution >= 0.6 is 0 Å². The van der Waals surface area contributed by atoms with E-state index >= 15 is 0 Å². The predicted octanol–water partition coefficient (Wildman–Crippen LogP) is 3.80. The smallest absolute Gasteiger partial charge is 0.393 e. The van der Waals surface area contributed by atoms with Crippen LogP contribution in [0.5, 0.6) is 0 Å². The number of aromatic nitrogens is 2. The van der Waals surface area contributed by atoms with Gasteiger partial charge >= 0.3 is 8.80 Å². The Labute approximate surface area is 153 Å². The molecule has 1 aromatic rings. The van der Waals surface area contributed by atoms with Gasteiger partial charge < -0.3 is 23.0 Å². The molecule has 1 N–H and O–H groups in total. The first-order valence-electron chi connectivity index (χ1n) is 9.68. The second-order valence-corrected chi connectivity index (χ2v) is 9.03. The number of aliphatic hydroxyl groups excluding tert-OH is 1. The van der Waals surface area contributed by atoms with Gasteiger partial charge in [0.05, 0.1) is 12.4 Å². The quantitative estimate of drug-likeness (QED) is 0.474.